The zero-order valence-corrected chi connectivity index (χ0v) is 8.09. The maximum absolute atomic E-state index is 9.53. The van der Waals surface area contributed by atoms with E-state index in [9.17, 15) is 5.11 Å². The molecule has 0 spiro atoms. The van der Waals surface area contributed by atoms with Gasteiger partial charge in [-0.1, -0.05) is 27.7 Å². The molecule has 0 heterocycles. The molecule has 1 aliphatic carbocycles. The van der Waals surface area contributed by atoms with Crippen LogP contribution in [-0.2, 0) is 0 Å². The summed E-state index contributed by atoms with van der Waals surface area (Å²) in [5.74, 6) is 1.23. The zero-order chi connectivity index (χ0) is 8.65. The minimum Gasteiger partial charge on any atom is -0.393 e. The Bertz CT molecular complexity index is 124. The molecule has 1 fully saturated rings. The van der Waals surface area contributed by atoms with Gasteiger partial charge in [0.2, 0.25) is 0 Å². The molecule has 1 rings (SSSR count). The average Bonchev–Trinajstić information content (AvgIpc) is 2.11. The molecule has 1 nitrogen and oxygen atoms in total. The highest BCUT2D eigenvalue weighted by molar-refractivity contribution is 4.86. The molecule has 11 heavy (non-hydrogen) atoms. The van der Waals surface area contributed by atoms with E-state index in [0.717, 1.165) is 6.42 Å². The van der Waals surface area contributed by atoms with Gasteiger partial charge in [0.15, 0.2) is 0 Å². The lowest BCUT2D eigenvalue weighted by Crippen LogP contribution is -2.18. The number of aliphatic hydroxyl groups is 1. The molecule has 0 aliphatic heterocycles. The average molecular weight is 156 g/mol. The van der Waals surface area contributed by atoms with Crippen LogP contribution in [0.5, 0.6) is 0 Å². The minimum absolute atomic E-state index is 0.0424. The zero-order valence-electron chi connectivity index (χ0n) is 8.09. The highest BCUT2D eigenvalue weighted by atomic mass is 16.3. The van der Waals surface area contributed by atoms with Crippen LogP contribution in [0.2, 0.25) is 0 Å². The lowest BCUT2D eigenvalue weighted by atomic mass is 9.79. The Morgan fingerprint density at radius 2 is 1.73 bits per heavy atom. The third-order valence-corrected chi connectivity index (χ3v) is 3.06. The first-order valence-electron chi connectivity index (χ1n) is 4.59. The van der Waals surface area contributed by atoms with Gasteiger partial charge in [0, 0.05) is 0 Å². The van der Waals surface area contributed by atoms with Gasteiger partial charge >= 0.3 is 0 Å². The number of aliphatic hydroxyl groups excluding tert-OH is 1. The first-order valence-corrected chi connectivity index (χ1v) is 4.59. The Hall–Kier alpha value is -0.0400. The van der Waals surface area contributed by atoms with Crippen LogP contribution in [0.4, 0.5) is 0 Å². The fraction of sp³-hybridized carbons (Fsp3) is 1.00. The van der Waals surface area contributed by atoms with Gasteiger partial charge in [0.25, 0.3) is 0 Å². The Balaban J connectivity index is 2.54. The van der Waals surface area contributed by atoms with Crippen LogP contribution in [0.25, 0.3) is 0 Å². The third kappa shape index (κ3) is 1.96. The Morgan fingerprint density at radius 1 is 1.18 bits per heavy atom. The van der Waals surface area contributed by atoms with E-state index in [1.807, 2.05) is 0 Å². The largest absolute Gasteiger partial charge is 0.393 e. The van der Waals surface area contributed by atoms with Crippen LogP contribution in [0.15, 0.2) is 0 Å². The molecule has 0 amide bonds. The van der Waals surface area contributed by atoms with E-state index in [-0.39, 0.29) is 6.10 Å². The molecule has 1 unspecified atom stereocenters. The van der Waals surface area contributed by atoms with Gasteiger partial charge < -0.3 is 5.11 Å². The maximum Gasteiger partial charge on any atom is 0.0568 e. The first-order chi connectivity index (χ1) is 4.91. The van der Waals surface area contributed by atoms with Crippen LogP contribution in [-0.4, -0.2) is 11.2 Å². The van der Waals surface area contributed by atoms with Crippen molar-refractivity contribution in [2.24, 2.45) is 17.3 Å². The molecule has 0 saturated heterocycles. The molecule has 1 aliphatic rings. The van der Waals surface area contributed by atoms with E-state index in [4.69, 9.17) is 0 Å². The summed E-state index contributed by atoms with van der Waals surface area (Å²) in [4.78, 5) is 0. The molecule has 0 radical (unpaired) electrons. The van der Waals surface area contributed by atoms with Crippen molar-refractivity contribution < 1.29 is 5.11 Å². The van der Waals surface area contributed by atoms with Gasteiger partial charge in [-0.15, -0.1) is 0 Å². The second kappa shape index (κ2) is 2.78. The Morgan fingerprint density at radius 3 is 1.91 bits per heavy atom. The lowest BCUT2D eigenvalue weighted by Gasteiger charge is -2.26. The molecule has 1 heteroatoms. The van der Waals surface area contributed by atoms with Crippen molar-refractivity contribution in [2.75, 3.05) is 0 Å². The molecule has 3 atom stereocenters. The van der Waals surface area contributed by atoms with Crippen LogP contribution in [0.3, 0.4) is 0 Å². The highest BCUT2D eigenvalue weighted by Gasteiger charge is 2.36. The van der Waals surface area contributed by atoms with Crippen LogP contribution >= 0.6 is 0 Å². The molecular formula is C10H20O. The van der Waals surface area contributed by atoms with Crippen molar-refractivity contribution >= 4 is 0 Å². The summed E-state index contributed by atoms with van der Waals surface area (Å²) >= 11 is 0. The van der Waals surface area contributed by atoms with Gasteiger partial charge in [0.05, 0.1) is 6.10 Å². The van der Waals surface area contributed by atoms with E-state index in [1.165, 1.54) is 6.42 Å². The molecule has 0 aromatic carbocycles. The second-order valence-electron chi connectivity index (χ2n) is 5.08. The standard InChI is InChI=1S/C10H20O/c1-7-5-8(6-9(7)11)10(2,3)4/h7-9,11H,5-6H2,1-4H3/t7-,8?,9+/m0/s1. The predicted molar refractivity (Wildman–Crippen MR) is 47.3 cm³/mol. The van der Waals surface area contributed by atoms with Crippen molar-refractivity contribution in [3.8, 4) is 0 Å². The van der Waals surface area contributed by atoms with Crippen molar-refractivity contribution in [1.29, 1.82) is 0 Å². The van der Waals surface area contributed by atoms with Gasteiger partial charge in [-0.2, -0.15) is 0 Å². The van der Waals surface area contributed by atoms with Gasteiger partial charge in [-0.3, -0.25) is 0 Å². The summed E-state index contributed by atoms with van der Waals surface area (Å²) in [7, 11) is 0. The predicted octanol–water partition coefficient (Wildman–Crippen LogP) is 2.44. The monoisotopic (exact) mass is 156 g/mol. The van der Waals surface area contributed by atoms with Crippen LogP contribution < -0.4 is 0 Å². The second-order valence-corrected chi connectivity index (χ2v) is 5.08. The van der Waals surface area contributed by atoms with E-state index in [0.29, 0.717) is 17.3 Å². The normalized spacial score (nSPS) is 39.5. The van der Waals surface area contributed by atoms with Crippen molar-refractivity contribution in [3.05, 3.63) is 0 Å². The van der Waals surface area contributed by atoms with Gasteiger partial charge in [0.1, 0.15) is 0 Å². The summed E-state index contributed by atoms with van der Waals surface area (Å²) in [5.41, 5.74) is 0.381. The van der Waals surface area contributed by atoms with E-state index in [1.54, 1.807) is 0 Å². The minimum atomic E-state index is -0.0424. The number of hydrogen-bond acceptors (Lipinski definition) is 1. The fourth-order valence-corrected chi connectivity index (χ4v) is 1.93. The molecule has 0 aromatic rings. The number of hydrogen-bond donors (Lipinski definition) is 1. The summed E-state index contributed by atoms with van der Waals surface area (Å²) < 4.78 is 0. The molecule has 0 aromatic heterocycles. The summed E-state index contributed by atoms with van der Waals surface area (Å²) in [6, 6.07) is 0. The van der Waals surface area contributed by atoms with Crippen LogP contribution in [0.1, 0.15) is 40.5 Å². The van der Waals surface area contributed by atoms with Crippen molar-refractivity contribution in [3.63, 3.8) is 0 Å². The molecule has 0 bridgehead atoms. The van der Waals surface area contributed by atoms with Crippen molar-refractivity contribution in [1.82, 2.24) is 0 Å². The van der Waals surface area contributed by atoms with Gasteiger partial charge in [-0.05, 0) is 30.1 Å². The van der Waals surface area contributed by atoms with Crippen molar-refractivity contribution in [2.45, 2.75) is 46.6 Å². The topological polar surface area (TPSA) is 20.2 Å². The quantitative estimate of drug-likeness (QED) is 0.571. The molecule has 66 valence electrons. The smallest absolute Gasteiger partial charge is 0.0568 e. The molecular weight excluding hydrogens is 136 g/mol. The summed E-state index contributed by atoms with van der Waals surface area (Å²) in [5, 5.41) is 9.53. The summed E-state index contributed by atoms with van der Waals surface area (Å²) in [6.45, 7) is 8.95. The van der Waals surface area contributed by atoms with E-state index >= 15 is 0 Å². The third-order valence-electron chi connectivity index (χ3n) is 3.06. The van der Waals surface area contributed by atoms with E-state index < -0.39 is 0 Å². The Kier molecular flexibility index (Phi) is 2.29. The summed E-state index contributed by atoms with van der Waals surface area (Å²) in [6.07, 6.45) is 2.16. The molecule has 1 saturated carbocycles. The maximum atomic E-state index is 9.53. The SMILES string of the molecule is C[C@H]1CC(C(C)(C)C)C[C@H]1O. The van der Waals surface area contributed by atoms with E-state index in [2.05, 4.69) is 27.7 Å². The highest BCUT2D eigenvalue weighted by Crippen LogP contribution is 2.41. The molecule has 1 N–H and O–H groups in total. The van der Waals surface area contributed by atoms with Crippen LogP contribution in [0, 0.1) is 17.3 Å². The first kappa shape index (κ1) is 9.05. The number of rotatable bonds is 0. The Labute approximate surface area is 69.8 Å². The van der Waals surface area contributed by atoms with Gasteiger partial charge in [-0.25, -0.2) is 0 Å². The lowest BCUT2D eigenvalue weighted by molar-refractivity contribution is 0.132. The fourth-order valence-electron chi connectivity index (χ4n) is 1.93.